The van der Waals surface area contributed by atoms with Gasteiger partial charge in [-0.1, -0.05) is 25.5 Å². The van der Waals surface area contributed by atoms with Gasteiger partial charge in [0.1, 0.15) is 12.2 Å². The number of aliphatic hydroxyl groups is 4. The molecular formula is C21H32O5. The molecule has 0 radical (unpaired) electrons. The molecule has 0 aromatic carbocycles. The summed E-state index contributed by atoms with van der Waals surface area (Å²) in [5, 5.41) is 41.8. The lowest BCUT2D eigenvalue weighted by Crippen LogP contribution is -2.61. The summed E-state index contributed by atoms with van der Waals surface area (Å²) in [6, 6.07) is 0. The highest BCUT2D eigenvalue weighted by molar-refractivity contribution is 5.89. The predicted octanol–water partition coefficient (Wildman–Crippen LogP) is 1.57. The Labute approximate surface area is 155 Å². The van der Waals surface area contributed by atoms with Crippen molar-refractivity contribution in [2.45, 2.75) is 76.6 Å². The molecule has 0 aromatic heterocycles. The molecule has 0 unspecified atom stereocenters. The summed E-state index contributed by atoms with van der Waals surface area (Å²) in [6.07, 6.45) is 6.09. The molecule has 0 amide bonds. The standard InChI is InChI=1S/C21H32O5/c1-19-7-5-13(23)9-12(19)3-4-14-15-6-8-21(26,17(25)11-22)20(15,2)10-16(24)18(14)19/h3,13-16,18,22-24,26H,4-11H2,1-2H3/t13-,14+,15+,16-,18-,19+,20+,21+/m1/s1. The van der Waals surface area contributed by atoms with E-state index in [4.69, 9.17) is 0 Å². The first-order valence-corrected chi connectivity index (χ1v) is 10.1. The Balaban J connectivity index is 1.73. The number of Topliss-reactive ketones (excluding diaryl/α,β-unsaturated/α-hetero) is 1. The van der Waals surface area contributed by atoms with Crippen molar-refractivity contribution in [3.05, 3.63) is 11.6 Å². The second-order valence-electron chi connectivity index (χ2n) is 9.74. The van der Waals surface area contributed by atoms with Gasteiger partial charge in [-0.25, -0.2) is 0 Å². The molecule has 8 atom stereocenters. The number of rotatable bonds is 2. The number of ketones is 1. The van der Waals surface area contributed by atoms with Crippen molar-refractivity contribution in [1.82, 2.24) is 0 Å². The van der Waals surface area contributed by atoms with Gasteiger partial charge in [0.2, 0.25) is 0 Å². The van der Waals surface area contributed by atoms with Gasteiger partial charge in [0.05, 0.1) is 12.2 Å². The van der Waals surface area contributed by atoms with Crippen LogP contribution in [0.4, 0.5) is 0 Å². The predicted molar refractivity (Wildman–Crippen MR) is 96.1 cm³/mol. The quantitative estimate of drug-likeness (QED) is 0.558. The lowest BCUT2D eigenvalue weighted by Gasteiger charge is -2.60. The molecule has 0 saturated heterocycles. The average Bonchev–Trinajstić information content (AvgIpc) is 2.86. The molecular weight excluding hydrogens is 332 g/mol. The molecule has 0 aromatic rings. The summed E-state index contributed by atoms with van der Waals surface area (Å²) < 4.78 is 0. The molecule has 5 heteroatoms. The first-order valence-electron chi connectivity index (χ1n) is 10.1. The Morgan fingerprint density at radius 1 is 1.23 bits per heavy atom. The number of hydrogen-bond donors (Lipinski definition) is 4. The van der Waals surface area contributed by atoms with Crippen LogP contribution in [0.1, 0.15) is 58.8 Å². The van der Waals surface area contributed by atoms with Crippen molar-refractivity contribution < 1.29 is 25.2 Å². The Kier molecular flexibility index (Phi) is 4.20. The van der Waals surface area contributed by atoms with Crippen LogP contribution in [-0.2, 0) is 4.79 Å². The molecule has 26 heavy (non-hydrogen) atoms. The van der Waals surface area contributed by atoms with E-state index in [0.717, 1.165) is 25.7 Å². The first kappa shape index (κ1) is 18.6. The van der Waals surface area contributed by atoms with Crippen LogP contribution in [0.3, 0.4) is 0 Å². The fourth-order valence-corrected chi connectivity index (χ4v) is 7.37. The fraction of sp³-hybridized carbons (Fsp3) is 0.857. The number of fused-ring (bicyclic) bond motifs is 5. The molecule has 0 aliphatic heterocycles. The second-order valence-corrected chi connectivity index (χ2v) is 9.74. The maximum Gasteiger partial charge on any atom is 0.190 e. The molecule has 146 valence electrons. The fourth-order valence-electron chi connectivity index (χ4n) is 7.37. The van der Waals surface area contributed by atoms with Crippen LogP contribution in [-0.4, -0.2) is 50.6 Å². The van der Waals surface area contributed by atoms with Crippen LogP contribution in [0.15, 0.2) is 11.6 Å². The van der Waals surface area contributed by atoms with E-state index in [1.54, 1.807) is 0 Å². The minimum Gasteiger partial charge on any atom is -0.393 e. The Hall–Kier alpha value is -0.750. The highest BCUT2D eigenvalue weighted by atomic mass is 16.3. The van der Waals surface area contributed by atoms with Crippen molar-refractivity contribution in [2.75, 3.05) is 6.61 Å². The zero-order valence-electron chi connectivity index (χ0n) is 15.8. The van der Waals surface area contributed by atoms with Gasteiger partial charge in [0.25, 0.3) is 0 Å². The summed E-state index contributed by atoms with van der Waals surface area (Å²) in [6.45, 7) is 3.51. The molecule has 3 saturated carbocycles. The molecule has 3 fully saturated rings. The van der Waals surface area contributed by atoms with Crippen molar-refractivity contribution in [3.8, 4) is 0 Å². The largest absolute Gasteiger partial charge is 0.393 e. The molecule has 4 aliphatic rings. The normalized spacial score (nSPS) is 53.3. The van der Waals surface area contributed by atoms with Crippen LogP contribution in [0, 0.1) is 28.6 Å². The summed E-state index contributed by atoms with van der Waals surface area (Å²) in [5.41, 5.74) is -1.06. The maximum absolute atomic E-state index is 12.4. The number of aliphatic hydroxyl groups excluding tert-OH is 3. The zero-order chi connectivity index (χ0) is 18.9. The topological polar surface area (TPSA) is 98.0 Å². The van der Waals surface area contributed by atoms with Gasteiger partial charge in [-0.05, 0) is 68.1 Å². The summed E-state index contributed by atoms with van der Waals surface area (Å²) in [7, 11) is 0. The van der Waals surface area contributed by atoms with Crippen LogP contribution in [0.2, 0.25) is 0 Å². The molecule has 4 rings (SSSR count). The minimum atomic E-state index is -1.54. The number of carbonyl (C=O) groups excluding carboxylic acids is 1. The molecule has 0 heterocycles. The van der Waals surface area contributed by atoms with E-state index in [1.807, 2.05) is 6.92 Å². The highest BCUT2D eigenvalue weighted by Gasteiger charge is 2.67. The third kappa shape index (κ3) is 2.20. The summed E-state index contributed by atoms with van der Waals surface area (Å²) in [5.74, 6) is -0.00187. The van der Waals surface area contributed by atoms with E-state index in [0.29, 0.717) is 19.3 Å². The number of carbonyl (C=O) groups is 1. The van der Waals surface area contributed by atoms with E-state index in [2.05, 4.69) is 13.0 Å². The second kappa shape index (κ2) is 5.87. The molecule has 4 N–H and O–H groups in total. The van der Waals surface area contributed by atoms with Crippen LogP contribution in [0.5, 0.6) is 0 Å². The van der Waals surface area contributed by atoms with Gasteiger partial charge in [0, 0.05) is 5.41 Å². The van der Waals surface area contributed by atoms with E-state index in [1.165, 1.54) is 5.57 Å². The zero-order valence-corrected chi connectivity index (χ0v) is 15.8. The Morgan fingerprint density at radius 3 is 2.65 bits per heavy atom. The number of hydrogen-bond acceptors (Lipinski definition) is 5. The monoisotopic (exact) mass is 364 g/mol. The van der Waals surface area contributed by atoms with Gasteiger partial charge >= 0.3 is 0 Å². The maximum atomic E-state index is 12.4. The van der Waals surface area contributed by atoms with Gasteiger partial charge in [-0.15, -0.1) is 0 Å². The minimum absolute atomic E-state index is 0.107. The first-order chi connectivity index (χ1) is 12.2. The Morgan fingerprint density at radius 2 is 1.96 bits per heavy atom. The molecule has 5 nitrogen and oxygen atoms in total. The van der Waals surface area contributed by atoms with Crippen molar-refractivity contribution >= 4 is 5.78 Å². The van der Waals surface area contributed by atoms with E-state index < -0.39 is 29.5 Å². The van der Waals surface area contributed by atoms with Crippen molar-refractivity contribution in [1.29, 1.82) is 0 Å². The third-order valence-electron chi connectivity index (χ3n) is 8.77. The lowest BCUT2D eigenvalue weighted by molar-refractivity contribution is -0.180. The molecule has 4 aliphatic carbocycles. The van der Waals surface area contributed by atoms with Gasteiger partial charge in [0.15, 0.2) is 5.78 Å². The molecule has 0 bridgehead atoms. The van der Waals surface area contributed by atoms with Crippen molar-refractivity contribution in [3.63, 3.8) is 0 Å². The van der Waals surface area contributed by atoms with Crippen molar-refractivity contribution in [2.24, 2.45) is 28.6 Å². The molecule has 0 spiro atoms. The van der Waals surface area contributed by atoms with E-state index >= 15 is 0 Å². The van der Waals surface area contributed by atoms with Gasteiger partial charge < -0.3 is 20.4 Å². The van der Waals surface area contributed by atoms with Crippen LogP contribution >= 0.6 is 0 Å². The van der Waals surface area contributed by atoms with E-state index in [-0.39, 0.29) is 29.3 Å². The Bertz CT molecular complexity index is 644. The lowest BCUT2D eigenvalue weighted by atomic mass is 9.46. The van der Waals surface area contributed by atoms with Crippen LogP contribution < -0.4 is 0 Å². The summed E-state index contributed by atoms with van der Waals surface area (Å²) >= 11 is 0. The third-order valence-corrected chi connectivity index (χ3v) is 8.77. The van der Waals surface area contributed by atoms with E-state index in [9.17, 15) is 25.2 Å². The van der Waals surface area contributed by atoms with Crippen LogP contribution in [0.25, 0.3) is 0 Å². The average molecular weight is 364 g/mol. The van der Waals surface area contributed by atoms with Gasteiger partial charge in [-0.2, -0.15) is 0 Å². The smallest absolute Gasteiger partial charge is 0.190 e. The van der Waals surface area contributed by atoms with Gasteiger partial charge in [-0.3, -0.25) is 4.79 Å². The SMILES string of the molecule is C[C@]12CC[C@@H](O)CC1=CC[C@@H]1[C@@H]2[C@H](O)C[C@@]2(C)[C@H]1CC[C@]2(O)C(=O)CO. The number of allylic oxidation sites excluding steroid dienone is 1. The highest BCUT2D eigenvalue weighted by Crippen LogP contribution is 2.67. The summed E-state index contributed by atoms with van der Waals surface area (Å²) in [4.78, 5) is 12.4.